The fraction of sp³-hybridized carbons (Fsp3) is 0.750. The molecule has 0 spiro atoms. The second-order valence-electron chi connectivity index (χ2n) is 5.28. The van der Waals surface area contributed by atoms with Crippen molar-refractivity contribution in [2.45, 2.75) is 47.2 Å². The summed E-state index contributed by atoms with van der Waals surface area (Å²) in [6, 6.07) is 0.463. The molecule has 0 fully saturated rings. The van der Waals surface area contributed by atoms with Crippen molar-refractivity contribution in [3.8, 4) is 0 Å². The second-order valence-corrected chi connectivity index (χ2v) is 5.28. The number of aromatic nitrogens is 2. The van der Waals surface area contributed by atoms with Crippen molar-refractivity contribution >= 4 is 0 Å². The molecule has 3 nitrogen and oxygen atoms in total. The van der Waals surface area contributed by atoms with Crippen LogP contribution < -0.4 is 5.32 Å². The SMILES string of the molecule is CNC(Cn1cnc(C)c1C)C(C)(C)C. The number of nitrogens with zero attached hydrogens (tertiary/aromatic N) is 2. The Hall–Kier alpha value is -0.830. The van der Waals surface area contributed by atoms with E-state index >= 15 is 0 Å². The van der Waals surface area contributed by atoms with E-state index in [4.69, 9.17) is 0 Å². The minimum Gasteiger partial charge on any atom is -0.333 e. The van der Waals surface area contributed by atoms with Crippen LogP contribution in [0.3, 0.4) is 0 Å². The highest BCUT2D eigenvalue weighted by Gasteiger charge is 2.23. The lowest BCUT2D eigenvalue weighted by atomic mass is 9.87. The summed E-state index contributed by atoms with van der Waals surface area (Å²) in [5.41, 5.74) is 2.65. The van der Waals surface area contributed by atoms with Gasteiger partial charge in [0.25, 0.3) is 0 Å². The van der Waals surface area contributed by atoms with Crippen molar-refractivity contribution < 1.29 is 0 Å². The fourth-order valence-electron chi connectivity index (χ4n) is 1.72. The Morgan fingerprint density at radius 3 is 2.33 bits per heavy atom. The molecule has 15 heavy (non-hydrogen) atoms. The van der Waals surface area contributed by atoms with E-state index in [0.29, 0.717) is 6.04 Å². The van der Waals surface area contributed by atoms with Gasteiger partial charge in [0.1, 0.15) is 0 Å². The summed E-state index contributed by atoms with van der Waals surface area (Å²) in [4.78, 5) is 4.32. The largest absolute Gasteiger partial charge is 0.333 e. The van der Waals surface area contributed by atoms with Crippen LogP contribution in [0.1, 0.15) is 32.2 Å². The third-order valence-corrected chi connectivity index (χ3v) is 3.12. The number of nitrogens with one attached hydrogen (secondary N) is 1. The molecule has 1 heterocycles. The second kappa shape index (κ2) is 4.35. The molecular formula is C12H23N3. The van der Waals surface area contributed by atoms with Gasteiger partial charge in [0, 0.05) is 18.3 Å². The van der Waals surface area contributed by atoms with Crippen molar-refractivity contribution in [1.82, 2.24) is 14.9 Å². The maximum Gasteiger partial charge on any atom is 0.0951 e. The first kappa shape index (κ1) is 12.2. The molecule has 0 bridgehead atoms. The van der Waals surface area contributed by atoms with E-state index in [1.54, 1.807) is 0 Å². The third kappa shape index (κ3) is 2.81. The zero-order chi connectivity index (χ0) is 11.6. The molecule has 1 N–H and O–H groups in total. The molecule has 1 unspecified atom stereocenters. The van der Waals surface area contributed by atoms with Gasteiger partial charge in [-0.15, -0.1) is 0 Å². The highest BCUT2D eigenvalue weighted by molar-refractivity contribution is 5.08. The molecule has 0 aliphatic rings. The zero-order valence-electron chi connectivity index (χ0n) is 10.8. The summed E-state index contributed by atoms with van der Waals surface area (Å²) in [6.45, 7) is 11.9. The average molecular weight is 209 g/mol. The predicted molar refractivity (Wildman–Crippen MR) is 64.0 cm³/mol. The van der Waals surface area contributed by atoms with E-state index in [1.165, 1.54) is 5.69 Å². The lowest BCUT2D eigenvalue weighted by Gasteiger charge is -2.31. The van der Waals surface area contributed by atoms with Crippen LogP contribution in [0.5, 0.6) is 0 Å². The van der Waals surface area contributed by atoms with Crippen molar-refractivity contribution in [2.24, 2.45) is 5.41 Å². The van der Waals surface area contributed by atoms with Crippen molar-refractivity contribution in [2.75, 3.05) is 7.05 Å². The van der Waals surface area contributed by atoms with E-state index in [9.17, 15) is 0 Å². The molecule has 0 amide bonds. The Bertz CT molecular complexity index is 320. The minimum atomic E-state index is 0.263. The number of rotatable bonds is 3. The number of hydrogen-bond donors (Lipinski definition) is 1. The van der Waals surface area contributed by atoms with Gasteiger partial charge in [0.05, 0.1) is 12.0 Å². The molecule has 3 heteroatoms. The monoisotopic (exact) mass is 209 g/mol. The number of hydrogen-bond acceptors (Lipinski definition) is 2. The summed E-state index contributed by atoms with van der Waals surface area (Å²) >= 11 is 0. The van der Waals surface area contributed by atoms with Crippen molar-refractivity contribution in [3.05, 3.63) is 17.7 Å². The van der Waals surface area contributed by atoms with Crippen molar-refractivity contribution in [3.63, 3.8) is 0 Å². The Kier molecular flexibility index (Phi) is 3.55. The summed E-state index contributed by atoms with van der Waals surface area (Å²) < 4.78 is 2.22. The van der Waals surface area contributed by atoms with Crippen LogP contribution in [-0.4, -0.2) is 22.6 Å². The van der Waals surface area contributed by atoms with Crippen LogP contribution in [0.2, 0.25) is 0 Å². The van der Waals surface area contributed by atoms with Gasteiger partial charge in [0.15, 0.2) is 0 Å². The molecule has 1 atom stereocenters. The first-order valence-electron chi connectivity index (χ1n) is 5.52. The number of imidazole rings is 1. The molecule has 1 aromatic heterocycles. The fourth-order valence-corrected chi connectivity index (χ4v) is 1.72. The van der Waals surface area contributed by atoms with Crippen molar-refractivity contribution in [1.29, 1.82) is 0 Å². The van der Waals surface area contributed by atoms with Crippen LogP contribution in [-0.2, 0) is 6.54 Å². The molecule has 0 saturated carbocycles. The van der Waals surface area contributed by atoms with Gasteiger partial charge in [-0.3, -0.25) is 0 Å². The summed E-state index contributed by atoms with van der Waals surface area (Å²) in [7, 11) is 2.02. The Balaban J connectivity index is 2.80. The first-order chi connectivity index (χ1) is 6.86. The van der Waals surface area contributed by atoms with Gasteiger partial charge >= 0.3 is 0 Å². The van der Waals surface area contributed by atoms with E-state index in [-0.39, 0.29) is 5.41 Å². The quantitative estimate of drug-likeness (QED) is 0.826. The van der Waals surface area contributed by atoms with Gasteiger partial charge in [-0.25, -0.2) is 4.98 Å². The molecule has 0 radical (unpaired) electrons. The molecule has 86 valence electrons. The van der Waals surface area contributed by atoms with E-state index in [2.05, 4.69) is 49.5 Å². The summed E-state index contributed by atoms with van der Waals surface area (Å²) in [5, 5.41) is 3.38. The first-order valence-corrected chi connectivity index (χ1v) is 5.52. The summed E-state index contributed by atoms with van der Waals surface area (Å²) in [5.74, 6) is 0. The molecule has 0 aliphatic carbocycles. The van der Waals surface area contributed by atoms with Crippen LogP contribution in [0, 0.1) is 19.3 Å². The smallest absolute Gasteiger partial charge is 0.0951 e. The Morgan fingerprint density at radius 2 is 2.00 bits per heavy atom. The van der Waals surface area contributed by atoms with Gasteiger partial charge < -0.3 is 9.88 Å². The molecule has 1 rings (SSSR count). The molecule has 0 aliphatic heterocycles. The molecular weight excluding hydrogens is 186 g/mol. The Labute approximate surface area is 92.9 Å². The highest BCUT2D eigenvalue weighted by Crippen LogP contribution is 2.21. The normalized spacial score (nSPS) is 14.3. The van der Waals surface area contributed by atoms with Gasteiger partial charge in [-0.05, 0) is 26.3 Å². The third-order valence-electron chi connectivity index (χ3n) is 3.12. The van der Waals surface area contributed by atoms with E-state index < -0.39 is 0 Å². The van der Waals surface area contributed by atoms with Crippen LogP contribution >= 0.6 is 0 Å². The van der Waals surface area contributed by atoms with E-state index in [0.717, 1.165) is 12.2 Å². The highest BCUT2D eigenvalue weighted by atomic mass is 15.1. The molecule has 1 aromatic rings. The van der Waals surface area contributed by atoms with Gasteiger partial charge in [-0.2, -0.15) is 0 Å². The zero-order valence-corrected chi connectivity index (χ0v) is 10.8. The predicted octanol–water partition coefficient (Wildman–Crippen LogP) is 2.13. The van der Waals surface area contributed by atoms with Crippen LogP contribution in [0.4, 0.5) is 0 Å². The molecule has 0 saturated heterocycles. The average Bonchev–Trinajstić information content (AvgIpc) is 2.43. The van der Waals surface area contributed by atoms with E-state index in [1.807, 2.05) is 13.4 Å². The Morgan fingerprint density at radius 1 is 1.40 bits per heavy atom. The topological polar surface area (TPSA) is 29.9 Å². The van der Waals surface area contributed by atoms with Gasteiger partial charge in [-0.1, -0.05) is 20.8 Å². The number of aryl methyl sites for hydroxylation is 1. The molecule has 0 aromatic carbocycles. The summed E-state index contributed by atoms with van der Waals surface area (Å²) in [6.07, 6.45) is 1.93. The van der Waals surface area contributed by atoms with Gasteiger partial charge in [0.2, 0.25) is 0 Å². The standard InChI is InChI=1S/C12H23N3/c1-9-10(2)15(8-14-9)7-11(13-6)12(3,4)5/h8,11,13H,7H2,1-6H3. The lowest BCUT2D eigenvalue weighted by molar-refractivity contribution is 0.253. The maximum atomic E-state index is 4.32. The number of likely N-dealkylation sites (N-methyl/N-ethyl adjacent to an activating group) is 1. The van der Waals surface area contributed by atoms with Crippen LogP contribution in [0.15, 0.2) is 6.33 Å². The minimum absolute atomic E-state index is 0.263. The lowest BCUT2D eigenvalue weighted by Crippen LogP contribution is -2.41. The maximum absolute atomic E-state index is 4.32. The van der Waals surface area contributed by atoms with Crippen LogP contribution in [0.25, 0.3) is 0 Å².